The van der Waals surface area contributed by atoms with Gasteiger partial charge in [0.15, 0.2) is 0 Å². The van der Waals surface area contributed by atoms with Crippen molar-refractivity contribution in [3.63, 3.8) is 0 Å². The van der Waals surface area contributed by atoms with Gasteiger partial charge in [-0.15, -0.1) is 0 Å². The minimum Gasteiger partial charge on any atom is -0.396 e. The van der Waals surface area contributed by atoms with E-state index in [1.807, 2.05) is 0 Å². The lowest BCUT2D eigenvalue weighted by atomic mass is 10.1. The molecular weight excluding hydrogens is 326 g/mol. The van der Waals surface area contributed by atoms with Crippen LogP contribution in [0.15, 0.2) is 23.1 Å². The largest absolute Gasteiger partial charge is 0.419 e. The molecule has 1 atom stereocenters. The Balaban J connectivity index is 2.29. The van der Waals surface area contributed by atoms with Gasteiger partial charge in [-0.2, -0.15) is 13.2 Å². The first kappa shape index (κ1) is 17.2. The van der Waals surface area contributed by atoms with Gasteiger partial charge in [0.25, 0.3) is 0 Å². The molecule has 124 valence electrons. The van der Waals surface area contributed by atoms with E-state index in [0.29, 0.717) is 6.07 Å². The van der Waals surface area contributed by atoms with Crippen LogP contribution in [0.4, 0.5) is 17.6 Å². The third-order valence-corrected chi connectivity index (χ3v) is 4.98. The Kier molecular flexibility index (Phi) is 4.78. The molecule has 0 spiro atoms. The van der Waals surface area contributed by atoms with E-state index in [1.165, 1.54) is 0 Å². The summed E-state index contributed by atoms with van der Waals surface area (Å²) in [5.74, 6) is -1.45. The summed E-state index contributed by atoms with van der Waals surface area (Å²) in [6, 6.07) is 1.01. The fourth-order valence-corrected chi connectivity index (χ4v) is 3.55. The fourth-order valence-electron chi connectivity index (χ4n) is 2.18. The second-order valence-electron chi connectivity index (χ2n) is 5.22. The van der Waals surface area contributed by atoms with Crippen LogP contribution < -0.4 is 4.72 Å². The zero-order chi connectivity index (χ0) is 16.5. The second kappa shape index (κ2) is 6.13. The van der Waals surface area contributed by atoms with Crippen LogP contribution in [-0.2, 0) is 16.2 Å². The van der Waals surface area contributed by atoms with Crippen LogP contribution in [0.3, 0.4) is 0 Å². The summed E-state index contributed by atoms with van der Waals surface area (Å²) < 4.78 is 77.8. The molecular formula is C13H15F4NO3S. The summed E-state index contributed by atoms with van der Waals surface area (Å²) in [6.45, 7) is -0.235. The van der Waals surface area contributed by atoms with Crippen molar-refractivity contribution < 1.29 is 31.1 Å². The summed E-state index contributed by atoms with van der Waals surface area (Å²) in [4.78, 5) is -0.648. The average molecular weight is 341 g/mol. The SMILES string of the molecule is O=S(=O)(NC(CCO)C1CC1)c1ccc(F)c(C(F)(F)F)c1. The molecule has 1 aliphatic rings. The highest BCUT2D eigenvalue weighted by Crippen LogP contribution is 2.35. The van der Waals surface area contributed by atoms with Crippen molar-refractivity contribution in [2.75, 3.05) is 6.61 Å². The first-order valence-electron chi connectivity index (χ1n) is 6.65. The number of hydrogen-bond acceptors (Lipinski definition) is 3. The number of alkyl halides is 3. The Morgan fingerprint density at radius 1 is 1.32 bits per heavy atom. The first-order valence-corrected chi connectivity index (χ1v) is 8.13. The number of halogens is 4. The molecule has 9 heteroatoms. The molecule has 0 aliphatic heterocycles. The molecule has 1 fully saturated rings. The molecule has 2 N–H and O–H groups in total. The second-order valence-corrected chi connectivity index (χ2v) is 6.93. The maximum atomic E-state index is 13.2. The van der Waals surface area contributed by atoms with Gasteiger partial charge in [-0.25, -0.2) is 17.5 Å². The number of hydrogen-bond donors (Lipinski definition) is 2. The lowest BCUT2D eigenvalue weighted by molar-refractivity contribution is -0.140. The molecule has 22 heavy (non-hydrogen) atoms. The van der Waals surface area contributed by atoms with Gasteiger partial charge in [-0.1, -0.05) is 0 Å². The molecule has 0 amide bonds. The van der Waals surface area contributed by atoms with Crippen LogP contribution in [0.2, 0.25) is 0 Å². The topological polar surface area (TPSA) is 66.4 Å². The molecule has 1 unspecified atom stereocenters. The van der Waals surface area contributed by atoms with Gasteiger partial charge >= 0.3 is 6.18 Å². The van der Waals surface area contributed by atoms with Crippen LogP contribution in [0, 0.1) is 11.7 Å². The Morgan fingerprint density at radius 2 is 1.95 bits per heavy atom. The number of rotatable bonds is 6. The van der Waals surface area contributed by atoms with Crippen molar-refractivity contribution in [1.82, 2.24) is 4.72 Å². The van der Waals surface area contributed by atoms with Crippen LogP contribution in [0.5, 0.6) is 0 Å². The Labute approximate surface area is 125 Å². The van der Waals surface area contributed by atoms with E-state index in [0.717, 1.165) is 18.9 Å². The van der Waals surface area contributed by atoms with Gasteiger partial charge < -0.3 is 5.11 Å². The highest BCUT2D eigenvalue weighted by Gasteiger charge is 2.37. The van der Waals surface area contributed by atoms with E-state index in [1.54, 1.807) is 0 Å². The Morgan fingerprint density at radius 3 is 2.45 bits per heavy atom. The number of sulfonamides is 1. The molecule has 4 nitrogen and oxygen atoms in total. The maximum absolute atomic E-state index is 13.2. The molecule has 2 rings (SSSR count). The minimum absolute atomic E-state index is 0.0736. The van der Waals surface area contributed by atoms with Crippen LogP contribution >= 0.6 is 0 Å². The van der Waals surface area contributed by atoms with E-state index in [4.69, 9.17) is 5.11 Å². The number of aliphatic hydroxyl groups is 1. The van der Waals surface area contributed by atoms with Gasteiger partial charge in [-0.3, -0.25) is 0 Å². The standard InChI is InChI=1S/C13H15F4NO3S/c14-11-4-3-9(7-10(11)13(15,16)17)22(20,21)18-12(5-6-19)8-1-2-8/h3-4,7-8,12,18-19H,1-2,5-6H2. The van der Waals surface area contributed by atoms with E-state index in [2.05, 4.69) is 4.72 Å². The van der Waals surface area contributed by atoms with Crippen molar-refractivity contribution in [2.24, 2.45) is 5.92 Å². The zero-order valence-corrected chi connectivity index (χ0v) is 12.2. The summed E-state index contributed by atoms with van der Waals surface area (Å²) in [7, 11) is -4.21. The summed E-state index contributed by atoms with van der Waals surface area (Å²) in [5, 5.41) is 8.93. The first-order chi connectivity index (χ1) is 10.1. The zero-order valence-electron chi connectivity index (χ0n) is 11.4. The lowest BCUT2D eigenvalue weighted by Crippen LogP contribution is -2.37. The van der Waals surface area contributed by atoms with Crippen LogP contribution in [0.25, 0.3) is 0 Å². The quantitative estimate of drug-likeness (QED) is 0.780. The average Bonchev–Trinajstić information content (AvgIpc) is 3.21. The Bertz CT molecular complexity index is 641. The van der Waals surface area contributed by atoms with Gasteiger partial charge in [0.2, 0.25) is 10.0 Å². The molecule has 1 aromatic carbocycles. The van der Waals surface area contributed by atoms with E-state index in [-0.39, 0.29) is 25.0 Å². The fraction of sp³-hybridized carbons (Fsp3) is 0.538. The molecule has 0 saturated heterocycles. The summed E-state index contributed by atoms with van der Waals surface area (Å²) in [5.41, 5.74) is -1.62. The monoisotopic (exact) mass is 341 g/mol. The number of benzene rings is 1. The van der Waals surface area contributed by atoms with Gasteiger partial charge in [0.1, 0.15) is 5.82 Å². The third-order valence-electron chi connectivity index (χ3n) is 3.49. The lowest BCUT2D eigenvalue weighted by Gasteiger charge is -2.18. The van der Waals surface area contributed by atoms with E-state index < -0.39 is 38.5 Å². The predicted octanol–water partition coefficient (Wildman–Crippen LogP) is 2.28. The third kappa shape index (κ3) is 3.96. The smallest absolute Gasteiger partial charge is 0.396 e. The highest BCUT2D eigenvalue weighted by molar-refractivity contribution is 7.89. The summed E-state index contributed by atoms with van der Waals surface area (Å²) in [6.07, 6.45) is -3.21. The molecule has 0 radical (unpaired) electrons. The van der Waals surface area contributed by atoms with Crippen molar-refractivity contribution >= 4 is 10.0 Å². The number of aliphatic hydroxyl groups excluding tert-OH is 1. The highest BCUT2D eigenvalue weighted by atomic mass is 32.2. The van der Waals surface area contributed by atoms with Crippen molar-refractivity contribution in [1.29, 1.82) is 0 Å². The van der Waals surface area contributed by atoms with Crippen molar-refractivity contribution in [3.8, 4) is 0 Å². The Hall–Kier alpha value is -1.19. The van der Waals surface area contributed by atoms with Gasteiger partial charge in [-0.05, 0) is 43.4 Å². The van der Waals surface area contributed by atoms with Crippen LogP contribution in [-0.4, -0.2) is 26.2 Å². The number of nitrogens with one attached hydrogen (secondary N) is 1. The van der Waals surface area contributed by atoms with Crippen molar-refractivity contribution in [2.45, 2.75) is 36.4 Å². The summed E-state index contributed by atoms with van der Waals surface area (Å²) >= 11 is 0. The molecule has 0 bridgehead atoms. The minimum atomic E-state index is -4.98. The molecule has 1 aromatic rings. The normalized spacial score (nSPS) is 17.5. The van der Waals surface area contributed by atoms with Gasteiger partial charge in [0, 0.05) is 12.6 Å². The maximum Gasteiger partial charge on any atom is 0.419 e. The van der Waals surface area contributed by atoms with E-state index >= 15 is 0 Å². The molecule has 1 aliphatic carbocycles. The molecule has 1 saturated carbocycles. The van der Waals surface area contributed by atoms with Crippen LogP contribution in [0.1, 0.15) is 24.8 Å². The molecule has 0 aromatic heterocycles. The predicted molar refractivity (Wildman–Crippen MR) is 69.9 cm³/mol. The molecule has 0 heterocycles. The van der Waals surface area contributed by atoms with Crippen molar-refractivity contribution in [3.05, 3.63) is 29.6 Å². The van der Waals surface area contributed by atoms with E-state index in [9.17, 15) is 26.0 Å². The van der Waals surface area contributed by atoms with Gasteiger partial charge in [0.05, 0.1) is 10.5 Å².